The molecule has 1 rings (SSSR count). The van der Waals surface area contributed by atoms with E-state index in [1.807, 2.05) is 13.8 Å². The van der Waals surface area contributed by atoms with Crippen LogP contribution in [0.3, 0.4) is 0 Å². The fraction of sp³-hybridized carbons (Fsp3) is 0.400. The van der Waals surface area contributed by atoms with Crippen LogP contribution >= 0.6 is 0 Å². The predicted molar refractivity (Wildman–Crippen MR) is 51.7 cm³/mol. The largest absolute Gasteiger partial charge is 0.354 e. The maximum atomic E-state index is 13.3. The Morgan fingerprint density at radius 2 is 2.21 bits per heavy atom. The SMILES string of the molecule is CNC(=O)c1ncc(C(C)C)cc1F. The summed E-state index contributed by atoms with van der Waals surface area (Å²) in [5.74, 6) is -0.871. The zero-order chi connectivity index (χ0) is 10.7. The Balaban J connectivity index is 3.07. The van der Waals surface area contributed by atoms with Gasteiger partial charge in [-0.15, -0.1) is 0 Å². The van der Waals surface area contributed by atoms with Crippen molar-refractivity contribution in [3.05, 3.63) is 29.3 Å². The smallest absolute Gasteiger partial charge is 0.272 e. The molecule has 0 spiro atoms. The second-order valence-electron chi connectivity index (χ2n) is 3.33. The monoisotopic (exact) mass is 196 g/mol. The maximum absolute atomic E-state index is 13.3. The van der Waals surface area contributed by atoms with Crippen molar-refractivity contribution in [3.8, 4) is 0 Å². The van der Waals surface area contributed by atoms with Crippen molar-refractivity contribution in [3.63, 3.8) is 0 Å². The topological polar surface area (TPSA) is 42.0 Å². The highest BCUT2D eigenvalue weighted by Crippen LogP contribution is 2.15. The van der Waals surface area contributed by atoms with Crippen LogP contribution in [0.1, 0.15) is 35.8 Å². The third-order valence-electron chi connectivity index (χ3n) is 1.97. The van der Waals surface area contributed by atoms with Gasteiger partial charge in [0.2, 0.25) is 0 Å². The van der Waals surface area contributed by atoms with Crippen LogP contribution in [-0.4, -0.2) is 17.9 Å². The van der Waals surface area contributed by atoms with E-state index in [4.69, 9.17) is 0 Å². The van der Waals surface area contributed by atoms with Crippen LogP contribution in [0.4, 0.5) is 4.39 Å². The molecule has 4 heteroatoms. The Morgan fingerprint density at radius 3 is 2.64 bits per heavy atom. The molecule has 0 bridgehead atoms. The second kappa shape index (κ2) is 4.17. The molecule has 1 amide bonds. The molecule has 0 aliphatic carbocycles. The van der Waals surface area contributed by atoms with Crippen LogP contribution < -0.4 is 5.32 Å². The number of pyridine rings is 1. The highest BCUT2D eigenvalue weighted by Gasteiger charge is 2.13. The quantitative estimate of drug-likeness (QED) is 0.782. The van der Waals surface area contributed by atoms with Gasteiger partial charge in [-0.2, -0.15) is 0 Å². The zero-order valence-electron chi connectivity index (χ0n) is 8.47. The van der Waals surface area contributed by atoms with Crippen molar-refractivity contribution < 1.29 is 9.18 Å². The molecule has 1 N–H and O–H groups in total. The van der Waals surface area contributed by atoms with Gasteiger partial charge in [-0.25, -0.2) is 9.37 Å². The molecule has 3 nitrogen and oxygen atoms in total. The van der Waals surface area contributed by atoms with Gasteiger partial charge < -0.3 is 5.32 Å². The van der Waals surface area contributed by atoms with E-state index in [2.05, 4.69) is 10.3 Å². The van der Waals surface area contributed by atoms with Crippen molar-refractivity contribution in [1.82, 2.24) is 10.3 Å². The molecule has 0 atom stereocenters. The van der Waals surface area contributed by atoms with Gasteiger partial charge in [0.05, 0.1) is 0 Å². The first kappa shape index (κ1) is 10.6. The van der Waals surface area contributed by atoms with Crippen molar-refractivity contribution >= 4 is 5.91 Å². The Labute approximate surface area is 82.4 Å². The molecular weight excluding hydrogens is 183 g/mol. The minimum absolute atomic E-state index is 0.156. The number of carbonyl (C=O) groups is 1. The Morgan fingerprint density at radius 1 is 1.57 bits per heavy atom. The second-order valence-corrected chi connectivity index (χ2v) is 3.33. The first-order valence-electron chi connectivity index (χ1n) is 4.43. The summed E-state index contributed by atoms with van der Waals surface area (Å²) in [7, 11) is 1.44. The number of nitrogens with one attached hydrogen (secondary N) is 1. The molecule has 0 fully saturated rings. The van der Waals surface area contributed by atoms with Crippen LogP contribution in [0, 0.1) is 5.82 Å². The van der Waals surface area contributed by atoms with Crippen LogP contribution in [0.25, 0.3) is 0 Å². The Bertz CT molecular complexity index is 350. The Hall–Kier alpha value is -1.45. The standard InChI is InChI=1S/C10H13FN2O/c1-6(2)7-4-8(11)9(13-5-7)10(14)12-3/h4-6H,1-3H3,(H,12,14). The van der Waals surface area contributed by atoms with E-state index in [1.54, 1.807) is 0 Å². The van der Waals surface area contributed by atoms with E-state index in [0.29, 0.717) is 0 Å². The summed E-state index contributed by atoms with van der Waals surface area (Å²) in [4.78, 5) is 14.9. The normalized spacial score (nSPS) is 10.4. The predicted octanol–water partition coefficient (Wildman–Crippen LogP) is 1.70. The summed E-state index contributed by atoms with van der Waals surface area (Å²) >= 11 is 0. The third kappa shape index (κ3) is 2.07. The van der Waals surface area contributed by atoms with E-state index < -0.39 is 11.7 Å². The molecule has 1 heterocycles. The van der Waals surface area contributed by atoms with Gasteiger partial charge in [-0.1, -0.05) is 13.8 Å². The van der Waals surface area contributed by atoms with Crippen LogP contribution in [0.2, 0.25) is 0 Å². The lowest BCUT2D eigenvalue weighted by atomic mass is 10.1. The number of amides is 1. The first-order valence-corrected chi connectivity index (χ1v) is 4.43. The molecule has 1 aromatic rings. The van der Waals surface area contributed by atoms with Crippen LogP contribution in [0.15, 0.2) is 12.3 Å². The fourth-order valence-electron chi connectivity index (χ4n) is 1.05. The van der Waals surface area contributed by atoms with Crippen molar-refractivity contribution in [1.29, 1.82) is 0 Å². The number of hydrogen-bond acceptors (Lipinski definition) is 2. The molecule has 0 saturated heterocycles. The molecule has 76 valence electrons. The van der Waals surface area contributed by atoms with Crippen molar-refractivity contribution in [2.45, 2.75) is 19.8 Å². The summed E-state index contributed by atoms with van der Waals surface area (Å²) < 4.78 is 13.3. The van der Waals surface area contributed by atoms with E-state index in [-0.39, 0.29) is 11.6 Å². The third-order valence-corrected chi connectivity index (χ3v) is 1.97. The number of carbonyl (C=O) groups excluding carboxylic acids is 1. The molecule has 1 aromatic heterocycles. The van der Waals surface area contributed by atoms with Crippen molar-refractivity contribution in [2.24, 2.45) is 0 Å². The number of aromatic nitrogens is 1. The fourth-order valence-corrected chi connectivity index (χ4v) is 1.05. The molecule has 0 radical (unpaired) electrons. The molecule has 0 aromatic carbocycles. The van der Waals surface area contributed by atoms with E-state index in [1.165, 1.54) is 19.3 Å². The van der Waals surface area contributed by atoms with E-state index in [9.17, 15) is 9.18 Å². The minimum atomic E-state index is -0.574. The number of hydrogen-bond donors (Lipinski definition) is 1. The van der Waals surface area contributed by atoms with Crippen LogP contribution in [0.5, 0.6) is 0 Å². The Kier molecular flexibility index (Phi) is 3.17. The number of rotatable bonds is 2. The van der Waals surface area contributed by atoms with Gasteiger partial charge in [0.1, 0.15) is 0 Å². The number of nitrogens with zero attached hydrogens (tertiary/aromatic N) is 1. The summed E-state index contributed by atoms with van der Waals surface area (Å²) in [6, 6.07) is 1.35. The first-order chi connectivity index (χ1) is 6.56. The minimum Gasteiger partial charge on any atom is -0.354 e. The van der Waals surface area contributed by atoms with Crippen molar-refractivity contribution in [2.75, 3.05) is 7.05 Å². The zero-order valence-corrected chi connectivity index (χ0v) is 8.47. The summed E-state index contributed by atoms with van der Waals surface area (Å²) in [6.07, 6.45) is 1.53. The molecular formula is C10H13FN2O. The maximum Gasteiger partial charge on any atom is 0.272 e. The average molecular weight is 196 g/mol. The average Bonchev–Trinajstić information content (AvgIpc) is 2.16. The van der Waals surface area contributed by atoms with E-state index in [0.717, 1.165) is 5.56 Å². The number of halogens is 1. The summed E-state index contributed by atoms with van der Waals surface area (Å²) in [6.45, 7) is 3.88. The van der Waals surface area contributed by atoms with E-state index >= 15 is 0 Å². The van der Waals surface area contributed by atoms with Gasteiger partial charge in [0.25, 0.3) is 5.91 Å². The van der Waals surface area contributed by atoms with Gasteiger partial charge >= 0.3 is 0 Å². The van der Waals surface area contributed by atoms with Gasteiger partial charge in [0, 0.05) is 13.2 Å². The summed E-state index contributed by atoms with van der Waals surface area (Å²) in [5, 5.41) is 2.33. The van der Waals surface area contributed by atoms with Gasteiger partial charge in [-0.05, 0) is 17.5 Å². The highest BCUT2D eigenvalue weighted by molar-refractivity contribution is 5.92. The van der Waals surface area contributed by atoms with Crippen LogP contribution in [-0.2, 0) is 0 Å². The summed E-state index contributed by atoms with van der Waals surface area (Å²) in [5.41, 5.74) is 0.632. The molecule has 0 aliphatic rings. The molecule has 14 heavy (non-hydrogen) atoms. The lowest BCUT2D eigenvalue weighted by Crippen LogP contribution is -2.21. The van der Waals surface area contributed by atoms with Gasteiger partial charge in [-0.3, -0.25) is 4.79 Å². The van der Waals surface area contributed by atoms with Gasteiger partial charge in [0.15, 0.2) is 11.5 Å². The molecule has 0 aliphatic heterocycles. The molecule has 0 unspecified atom stereocenters. The lowest BCUT2D eigenvalue weighted by molar-refractivity contribution is 0.0953. The lowest BCUT2D eigenvalue weighted by Gasteiger charge is -2.06. The molecule has 0 saturated carbocycles. The highest BCUT2D eigenvalue weighted by atomic mass is 19.1.